The molecule has 8 heteroatoms. The number of benzene rings is 3. The largest absolute Gasteiger partial charge is 0.508 e. The molecule has 2 N–H and O–H groups in total. The molecule has 0 aliphatic carbocycles. The van der Waals surface area contributed by atoms with Gasteiger partial charge < -0.3 is 15.1 Å². The van der Waals surface area contributed by atoms with Crippen LogP contribution in [0.1, 0.15) is 40.9 Å². The van der Waals surface area contributed by atoms with Crippen molar-refractivity contribution in [1.82, 2.24) is 14.9 Å². The molecule has 0 bridgehead atoms. The van der Waals surface area contributed by atoms with Crippen LogP contribution in [0, 0.1) is 6.92 Å². The molecule has 0 aliphatic rings. The van der Waals surface area contributed by atoms with Gasteiger partial charge in [0.05, 0.1) is 17.8 Å². The van der Waals surface area contributed by atoms with E-state index in [0.29, 0.717) is 12.2 Å². The first kappa shape index (κ1) is 27.1. The monoisotopic (exact) mass is 530 g/mol. The predicted molar refractivity (Wildman–Crippen MR) is 151 cm³/mol. The highest BCUT2D eigenvalue weighted by molar-refractivity contribution is 6.28. The van der Waals surface area contributed by atoms with Crippen molar-refractivity contribution in [3.05, 3.63) is 100 Å². The van der Waals surface area contributed by atoms with E-state index in [9.17, 15) is 15.0 Å². The number of halogens is 1. The second-order valence-electron chi connectivity index (χ2n) is 9.09. The SMILES string of the molecule is CCN(CC)Cc1cccc(CN(C(=O)c2ccc(O)cc2O)c2ccc(-c3nc(Cl)ncc3C)cc2)c1. The van der Waals surface area contributed by atoms with Gasteiger partial charge in [0.25, 0.3) is 5.91 Å². The smallest absolute Gasteiger partial charge is 0.262 e. The van der Waals surface area contributed by atoms with Crippen molar-refractivity contribution in [2.24, 2.45) is 0 Å². The Morgan fingerprint density at radius 3 is 2.26 bits per heavy atom. The zero-order valence-corrected chi connectivity index (χ0v) is 22.5. The molecule has 1 heterocycles. The number of anilines is 1. The van der Waals surface area contributed by atoms with Crippen LogP contribution in [0.3, 0.4) is 0 Å². The summed E-state index contributed by atoms with van der Waals surface area (Å²) in [5.74, 6) is -0.776. The minimum atomic E-state index is -0.384. The lowest BCUT2D eigenvalue weighted by Crippen LogP contribution is -2.30. The van der Waals surface area contributed by atoms with Crippen molar-refractivity contribution >= 4 is 23.2 Å². The average Bonchev–Trinajstić information content (AvgIpc) is 2.92. The Hall–Kier alpha value is -3.94. The number of carbonyl (C=O) groups is 1. The summed E-state index contributed by atoms with van der Waals surface area (Å²) in [6.45, 7) is 9.21. The quantitative estimate of drug-likeness (QED) is 0.250. The number of phenolic OH excluding ortho intramolecular Hbond substituents is 2. The third-order valence-corrected chi connectivity index (χ3v) is 6.67. The number of amides is 1. The molecule has 4 rings (SSSR count). The number of phenols is 2. The van der Waals surface area contributed by atoms with E-state index in [1.54, 1.807) is 11.1 Å². The van der Waals surface area contributed by atoms with Crippen LogP contribution in [0.4, 0.5) is 5.69 Å². The minimum absolute atomic E-state index is 0.101. The van der Waals surface area contributed by atoms with Crippen LogP contribution < -0.4 is 4.90 Å². The molecule has 3 aromatic carbocycles. The minimum Gasteiger partial charge on any atom is -0.508 e. The van der Waals surface area contributed by atoms with Crippen molar-refractivity contribution < 1.29 is 15.0 Å². The average molecular weight is 531 g/mol. The van der Waals surface area contributed by atoms with Crippen LogP contribution in [0.25, 0.3) is 11.3 Å². The van der Waals surface area contributed by atoms with E-state index >= 15 is 0 Å². The summed E-state index contributed by atoms with van der Waals surface area (Å²) in [7, 11) is 0. The Morgan fingerprint density at radius 2 is 1.61 bits per heavy atom. The van der Waals surface area contributed by atoms with E-state index in [2.05, 4.69) is 40.8 Å². The molecular formula is C30H31ClN4O3. The Labute approximate surface area is 228 Å². The highest BCUT2D eigenvalue weighted by Gasteiger charge is 2.22. The topological polar surface area (TPSA) is 89.8 Å². The van der Waals surface area contributed by atoms with Gasteiger partial charge in [0.2, 0.25) is 5.28 Å². The van der Waals surface area contributed by atoms with Crippen LogP contribution in [-0.4, -0.2) is 44.1 Å². The molecule has 1 amide bonds. The summed E-state index contributed by atoms with van der Waals surface area (Å²) >= 11 is 6.02. The number of carbonyl (C=O) groups excluding carboxylic acids is 1. The summed E-state index contributed by atoms with van der Waals surface area (Å²) in [6, 6.07) is 19.6. The van der Waals surface area contributed by atoms with Gasteiger partial charge in [-0.25, -0.2) is 9.97 Å². The second kappa shape index (κ2) is 12.1. The maximum atomic E-state index is 13.7. The molecule has 0 aliphatic heterocycles. The van der Waals surface area contributed by atoms with E-state index in [1.165, 1.54) is 18.2 Å². The first-order valence-corrected chi connectivity index (χ1v) is 12.9. The number of hydrogen-bond acceptors (Lipinski definition) is 6. The van der Waals surface area contributed by atoms with E-state index in [0.717, 1.165) is 47.6 Å². The summed E-state index contributed by atoms with van der Waals surface area (Å²) in [6.07, 6.45) is 1.67. The van der Waals surface area contributed by atoms with E-state index in [4.69, 9.17) is 11.6 Å². The Bertz CT molecular complexity index is 1420. The molecule has 0 saturated carbocycles. The van der Waals surface area contributed by atoms with Gasteiger partial charge in [-0.15, -0.1) is 0 Å². The van der Waals surface area contributed by atoms with Gasteiger partial charge in [0.1, 0.15) is 11.5 Å². The van der Waals surface area contributed by atoms with Gasteiger partial charge in [0.15, 0.2) is 0 Å². The van der Waals surface area contributed by atoms with Gasteiger partial charge in [-0.3, -0.25) is 9.69 Å². The fourth-order valence-corrected chi connectivity index (χ4v) is 4.49. The van der Waals surface area contributed by atoms with Gasteiger partial charge in [-0.1, -0.05) is 50.2 Å². The fraction of sp³-hybridized carbons (Fsp3) is 0.233. The molecule has 4 aromatic rings. The Kier molecular flexibility index (Phi) is 8.61. The maximum Gasteiger partial charge on any atom is 0.262 e. The van der Waals surface area contributed by atoms with Crippen molar-refractivity contribution in [3.8, 4) is 22.8 Å². The summed E-state index contributed by atoms with van der Waals surface area (Å²) in [5, 5.41) is 20.3. The molecule has 0 spiro atoms. The summed E-state index contributed by atoms with van der Waals surface area (Å²) < 4.78 is 0. The number of hydrogen-bond donors (Lipinski definition) is 2. The normalized spacial score (nSPS) is 11.1. The molecule has 0 fully saturated rings. The van der Waals surface area contributed by atoms with Gasteiger partial charge in [0, 0.05) is 30.1 Å². The van der Waals surface area contributed by atoms with Crippen molar-refractivity contribution in [2.75, 3.05) is 18.0 Å². The molecule has 0 unspecified atom stereocenters. The molecule has 1 aromatic heterocycles. The molecule has 7 nitrogen and oxygen atoms in total. The summed E-state index contributed by atoms with van der Waals surface area (Å²) in [5.41, 5.74) is 5.32. The van der Waals surface area contributed by atoms with Gasteiger partial charge in [-0.2, -0.15) is 0 Å². The molecule has 38 heavy (non-hydrogen) atoms. The van der Waals surface area contributed by atoms with Crippen molar-refractivity contribution in [3.63, 3.8) is 0 Å². The lowest BCUT2D eigenvalue weighted by Gasteiger charge is -2.25. The lowest BCUT2D eigenvalue weighted by atomic mass is 10.1. The third kappa shape index (κ3) is 6.30. The van der Waals surface area contributed by atoms with Crippen LogP contribution in [0.2, 0.25) is 5.28 Å². The van der Waals surface area contributed by atoms with Crippen molar-refractivity contribution in [1.29, 1.82) is 0 Å². The first-order chi connectivity index (χ1) is 18.3. The molecule has 0 saturated heterocycles. The number of aryl methyl sites for hydroxylation is 1. The standard InChI is InChI=1S/C30H31ClN4O3/c1-4-34(5-2)18-21-7-6-8-22(15-21)19-35(29(38)26-14-13-25(36)16-27(26)37)24-11-9-23(10-12-24)28-20(3)17-32-30(31)33-28/h6-17,36-37H,4-5,18-19H2,1-3H3. The van der Waals surface area contributed by atoms with Gasteiger partial charge >= 0.3 is 0 Å². The molecule has 0 atom stereocenters. The molecule has 196 valence electrons. The summed E-state index contributed by atoms with van der Waals surface area (Å²) in [4.78, 5) is 26.0. The van der Waals surface area contributed by atoms with Crippen LogP contribution >= 0.6 is 11.6 Å². The molecule has 0 radical (unpaired) electrons. The number of rotatable bonds is 9. The zero-order valence-electron chi connectivity index (χ0n) is 21.7. The highest BCUT2D eigenvalue weighted by atomic mass is 35.5. The first-order valence-electron chi connectivity index (χ1n) is 12.5. The number of nitrogens with zero attached hydrogens (tertiary/aromatic N) is 4. The fourth-order valence-electron chi connectivity index (χ4n) is 4.35. The van der Waals surface area contributed by atoms with Crippen molar-refractivity contribution in [2.45, 2.75) is 33.9 Å². The van der Waals surface area contributed by atoms with E-state index in [-0.39, 0.29) is 28.3 Å². The zero-order chi connectivity index (χ0) is 27.2. The van der Waals surface area contributed by atoms with E-state index < -0.39 is 0 Å². The predicted octanol–water partition coefficient (Wildman–Crippen LogP) is 6.21. The molecular weight excluding hydrogens is 500 g/mol. The Morgan fingerprint density at radius 1 is 0.921 bits per heavy atom. The Balaban J connectivity index is 1.70. The van der Waals surface area contributed by atoms with Gasteiger partial charge in [-0.05, 0) is 72.6 Å². The highest BCUT2D eigenvalue weighted by Crippen LogP contribution is 2.30. The second-order valence-corrected chi connectivity index (χ2v) is 9.43. The number of aromatic hydroxyl groups is 2. The number of aromatic nitrogens is 2. The third-order valence-electron chi connectivity index (χ3n) is 6.48. The lowest BCUT2D eigenvalue weighted by molar-refractivity contribution is 0.0982. The maximum absolute atomic E-state index is 13.7. The van der Waals surface area contributed by atoms with Crippen LogP contribution in [-0.2, 0) is 13.1 Å². The van der Waals surface area contributed by atoms with Crippen LogP contribution in [0.5, 0.6) is 11.5 Å². The van der Waals surface area contributed by atoms with E-state index in [1.807, 2.05) is 43.3 Å². The van der Waals surface area contributed by atoms with Crippen LogP contribution in [0.15, 0.2) is 72.9 Å².